The average molecular weight is 494 g/mol. The molecule has 0 spiro atoms. The zero-order valence-corrected chi connectivity index (χ0v) is 20.5. The molecule has 4 aromatic carbocycles. The first-order valence-corrected chi connectivity index (χ1v) is 12.4. The smallest absolute Gasteiger partial charge is 0.259 e. The number of benzene rings is 4. The maximum absolute atomic E-state index is 12.5. The van der Waals surface area contributed by atoms with Gasteiger partial charge in [-0.3, -0.25) is 9.80 Å². The van der Waals surface area contributed by atoms with E-state index in [1.807, 2.05) is 54.6 Å². The lowest BCUT2D eigenvalue weighted by Gasteiger charge is -2.24. The standard InChI is InChI=1S/C32H23N5O/c33-21-25(31-34-28-14-8-7-13-27(28)32(38)35-31)19-22-15-17-26(18-16-22)37-30(24-11-5-2-6-12-24)20-29(36-37)23-9-3-1-4-10-23/h1-19,30H,20H2,(H,34,35,38). The van der Waals surface area contributed by atoms with Gasteiger partial charge in [-0.15, -0.1) is 0 Å². The predicted molar refractivity (Wildman–Crippen MR) is 152 cm³/mol. The van der Waals surface area contributed by atoms with Crippen molar-refractivity contribution in [2.24, 2.45) is 5.10 Å². The Bertz CT molecular complexity index is 1770. The molecule has 6 heteroatoms. The molecule has 0 radical (unpaired) electrons. The second-order valence-corrected chi connectivity index (χ2v) is 9.08. The van der Waals surface area contributed by atoms with Crippen LogP contribution < -0.4 is 10.6 Å². The van der Waals surface area contributed by atoms with Gasteiger partial charge in [0.05, 0.1) is 33.9 Å². The molecule has 6 rings (SSSR count). The van der Waals surface area contributed by atoms with Crippen LogP contribution >= 0.6 is 0 Å². The lowest BCUT2D eigenvalue weighted by Crippen LogP contribution is -2.18. The predicted octanol–water partition coefficient (Wildman–Crippen LogP) is 6.34. The molecule has 1 unspecified atom stereocenters. The molecule has 2 heterocycles. The van der Waals surface area contributed by atoms with Crippen molar-refractivity contribution >= 4 is 34.0 Å². The third kappa shape index (κ3) is 4.49. The van der Waals surface area contributed by atoms with Crippen LogP contribution in [0.25, 0.3) is 22.6 Å². The second-order valence-electron chi connectivity index (χ2n) is 9.08. The van der Waals surface area contributed by atoms with Gasteiger partial charge in [-0.2, -0.15) is 10.4 Å². The van der Waals surface area contributed by atoms with Gasteiger partial charge in [0.1, 0.15) is 6.07 Å². The molecular formula is C32H23N5O. The highest BCUT2D eigenvalue weighted by Gasteiger charge is 2.29. The monoisotopic (exact) mass is 493 g/mol. The van der Waals surface area contributed by atoms with Crippen molar-refractivity contribution in [3.63, 3.8) is 0 Å². The molecule has 0 bridgehead atoms. The minimum atomic E-state index is -0.268. The highest BCUT2D eigenvalue weighted by atomic mass is 16.1. The van der Waals surface area contributed by atoms with E-state index in [2.05, 4.69) is 57.4 Å². The Hall–Kier alpha value is -5.28. The van der Waals surface area contributed by atoms with E-state index < -0.39 is 0 Å². The number of nitrogens with one attached hydrogen (secondary N) is 1. The van der Waals surface area contributed by atoms with Crippen LogP contribution in [0.5, 0.6) is 0 Å². The normalized spacial score (nSPS) is 15.3. The fraction of sp³-hybridized carbons (Fsp3) is 0.0625. The van der Waals surface area contributed by atoms with E-state index in [1.165, 1.54) is 5.56 Å². The van der Waals surface area contributed by atoms with Crippen LogP contribution in [0.3, 0.4) is 0 Å². The summed E-state index contributed by atoms with van der Waals surface area (Å²) in [7, 11) is 0. The molecule has 0 saturated heterocycles. The quantitative estimate of drug-likeness (QED) is 0.289. The Balaban J connectivity index is 1.34. The maximum atomic E-state index is 12.5. The zero-order chi connectivity index (χ0) is 25.9. The average Bonchev–Trinajstić information content (AvgIpc) is 3.43. The Morgan fingerprint density at radius 3 is 2.32 bits per heavy atom. The molecule has 182 valence electrons. The Labute approximate surface area is 219 Å². The third-order valence-corrected chi connectivity index (χ3v) is 6.66. The molecule has 0 amide bonds. The van der Waals surface area contributed by atoms with Crippen LogP contribution in [0.1, 0.15) is 35.0 Å². The van der Waals surface area contributed by atoms with Crippen LogP contribution in [0, 0.1) is 11.3 Å². The molecular weight excluding hydrogens is 470 g/mol. The lowest BCUT2D eigenvalue weighted by atomic mass is 9.98. The number of nitriles is 1. The SMILES string of the molecule is N#CC(=Cc1ccc(N2N=C(c3ccccc3)CC2c2ccccc2)cc1)c1nc2ccccc2c(=O)[nH]1. The zero-order valence-electron chi connectivity index (χ0n) is 20.5. The van der Waals surface area contributed by atoms with Crippen molar-refractivity contribution < 1.29 is 0 Å². The number of hydrogen-bond donors (Lipinski definition) is 1. The molecule has 0 saturated carbocycles. The van der Waals surface area contributed by atoms with E-state index in [0.29, 0.717) is 10.9 Å². The van der Waals surface area contributed by atoms with Crippen LogP contribution in [0.4, 0.5) is 5.69 Å². The number of fused-ring (bicyclic) bond motifs is 1. The molecule has 1 aliphatic heterocycles. The summed E-state index contributed by atoms with van der Waals surface area (Å²) in [6, 6.07) is 37.9. The third-order valence-electron chi connectivity index (χ3n) is 6.66. The minimum absolute atomic E-state index is 0.0781. The number of para-hydroxylation sites is 1. The van der Waals surface area contributed by atoms with Crippen LogP contribution in [0.2, 0.25) is 0 Å². The molecule has 0 fully saturated rings. The second kappa shape index (κ2) is 10.00. The number of aromatic amines is 1. The molecule has 1 atom stereocenters. The van der Waals surface area contributed by atoms with Crippen molar-refractivity contribution in [2.75, 3.05) is 5.01 Å². The van der Waals surface area contributed by atoms with Crippen molar-refractivity contribution in [1.82, 2.24) is 9.97 Å². The van der Waals surface area contributed by atoms with Gasteiger partial charge in [0.15, 0.2) is 5.82 Å². The van der Waals surface area contributed by atoms with Gasteiger partial charge in [0, 0.05) is 6.42 Å². The van der Waals surface area contributed by atoms with Crippen molar-refractivity contribution in [2.45, 2.75) is 12.5 Å². The van der Waals surface area contributed by atoms with Gasteiger partial charge < -0.3 is 4.98 Å². The summed E-state index contributed by atoms with van der Waals surface area (Å²) in [6.07, 6.45) is 2.53. The lowest BCUT2D eigenvalue weighted by molar-refractivity contribution is 0.709. The maximum Gasteiger partial charge on any atom is 0.259 e. The van der Waals surface area contributed by atoms with E-state index >= 15 is 0 Å². The van der Waals surface area contributed by atoms with Crippen LogP contribution in [-0.4, -0.2) is 15.7 Å². The molecule has 1 aromatic heterocycles. The minimum Gasteiger partial charge on any atom is -0.305 e. The number of anilines is 1. The highest BCUT2D eigenvalue weighted by Crippen LogP contribution is 2.36. The fourth-order valence-corrected chi connectivity index (χ4v) is 4.75. The first kappa shape index (κ1) is 23.1. The van der Waals surface area contributed by atoms with E-state index in [9.17, 15) is 10.1 Å². The summed E-state index contributed by atoms with van der Waals surface area (Å²) in [5.74, 6) is 0.251. The summed E-state index contributed by atoms with van der Waals surface area (Å²) in [5.41, 5.74) is 5.71. The number of aromatic nitrogens is 2. The summed E-state index contributed by atoms with van der Waals surface area (Å²) in [5, 5.41) is 17.4. The van der Waals surface area contributed by atoms with Gasteiger partial charge in [0.25, 0.3) is 5.56 Å². The molecule has 38 heavy (non-hydrogen) atoms. The fourth-order valence-electron chi connectivity index (χ4n) is 4.75. The molecule has 5 aromatic rings. The Morgan fingerprint density at radius 1 is 0.895 bits per heavy atom. The van der Waals surface area contributed by atoms with E-state index in [-0.39, 0.29) is 23.0 Å². The Morgan fingerprint density at radius 2 is 1.58 bits per heavy atom. The van der Waals surface area contributed by atoms with E-state index in [0.717, 1.165) is 28.9 Å². The highest BCUT2D eigenvalue weighted by molar-refractivity contribution is 6.03. The van der Waals surface area contributed by atoms with E-state index in [4.69, 9.17) is 5.10 Å². The largest absolute Gasteiger partial charge is 0.305 e. The summed E-state index contributed by atoms with van der Waals surface area (Å²) < 4.78 is 0. The van der Waals surface area contributed by atoms with Crippen molar-refractivity contribution in [1.29, 1.82) is 5.26 Å². The van der Waals surface area contributed by atoms with Gasteiger partial charge in [-0.25, -0.2) is 4.98 Å². The topological polar surface area (TPSA) is 85.1 Å². The number of allylic oxidation sites excluding steroid dienone is 1. The van der Waals surface area contributed by atoms with Gasteiger partial charge in [-0.1, -0.05) is 84.9 Å². The molecule has 0 aliphatic carbocycles. The first-order valence-electron chi connectivity index (χ1n) is 12.4. The summed E-state index contributed by atoms with van der Waals surface area (Å²) in [6.45, 7) is 0. The van der Waals surface area contributed by atoms with Gasteiger partial charge in [-0.05, 0) is 47.0 Å². The first-order chi connectivity index (χ1) is 18.7. The number of hydrazone groups is 1. The number of H-pyrrole nitrogens is 1. The van der Waals surface area contributed by atoms with Crippen molar-refractivity contribution in [3.8, 4) is 6.07 Å². The molecule has 6 nitrogen and oxygen atoms in total. The van der Waals surface area contributed by atoms with Gasteiger partial charge in [0.2, 0.25) is 0 Å². The summed E-state index contributed by atoms with van der Waals surface area (Å²) >= 11 is 0. The molecule has 1 aliphatic rings. The number of hydrogen-bond acceptors (Lipinski definition) is 5. The number of nitrogens with zero attached hydrogens (tertiary/aromatic N) is 4. The van der Waals surface area contributed by atoms with Crippen LogP contribution in [0.15, 0.2) is 119 Å². The molecule has 1 N–H and O–H groups in total. The van der Waals surface area contributed by atoms with Gasteiger partial charge >= 0.3 is 0 Å². The summed E-state index contributed by atoms with van der Waals surface area (Å²) in [4.78, 5) is 19.7. The Kier molecular flexibility index (Phi) is 6.09. The van der Waals surface area contributed by atoms with Crippen molar-refractivity contribution in [3.05, 3.63) is 142 Å². The van der Waals surface area contributed by atoms with Crippen LogP contribution in [-0.2, 0) is 0 Å². The van der Waals surface area contributed by atoms with E-state index in [1.54, 1.807) is 24.3 Å². The number of rotatable bonds is 5.